The topological polar surface area (TPSA) is 0 Å². The van der Waals surface area contributed by atoms with Crippen LogP contribution in [-0.2, 0) is 0 Å². The molecule has 1 rings (SSSR count). The van der Waals surface area contributed by atoms with Gasteiger partial charge in [0.25, 0.3) is 0 Å². The summed E-state index contributed by atoms with van der Waals surface area (Å²) in [5.74, 6) is 3.99. The molecule has 1 saturated carbocycles. The summed E-state index contributed by atoms with van der Waals surface area (Å²) in [6.07, 6.45) is 8.76. The first-order valence-electron chi connectivity index (χ1n) is 6.69. The Kier molecular flexibility index (Phi) is 4.98. The smallest absolute Gasteiger partial charge is 0.0386 e. The Morgan fingerprint density at radius 3 is 1.71 bits per heavy atom. The normalized spacial score (nSPS) is 32.6. The third kappa shape index (κ3) is 3.00. The molecule has 0 aliphatic heterocycles. The summed E-state index contributed by atoms with van der Waals surface area (Å²) in [4.78, 5) is 0. The molecular formula is C14H28. The van der Waals surface area contributed by atoms with Crippen molar-refractivity contribution in [3.05, 3.63) is 0 Å². The first-order valence-corrected chi connectivity index (χ1v) is 6.69. The molecular weight excluding hydrogens is 168 g/mol. The summed E-state index contributed by atoms with van der Waals surface area (Å²) in [6, 6.07) is 0. The maximum Gasteiger partial charge on any atom is -0.0386 e. The predicted octanol–water partition coefficient (Wildman–Crippen LogP) is 4.89. The summed E-state index contributed by atoms with van der Waals surface area (Å²) in [5, 5.41) is 0. The zero-order chi connectivity index (χ0) is 10.6. The first kappa shape index (κ1) is 12.1. The van der Waals surface area contributed by atoms with E-state index in [4.69, 9.17) is 0 Å². The monoisotopic (exact) mass is 196 g/mol. The lowest BCUT2D eigenvalue weighted by molar-refractivity contribution is 0.159. The van der Waals surface area contributed by atoms with Gasteiger partial charge in [0.15, 0.2) is 0 Å². The van der Waals surface area contributed by atoms with E-state index in [2.05, 4.69) is 27.7 Å². The van der Waals surface area contributed by atoms with Crippen molar-refractivity contribution in [1.29, 1.82) is 0 Å². The van der Waals surface area contributed by atoms with Crippen LogP contribution in [0.3, 0.4) is 0 Å². The molecule has 0 heterocycles. The second-order valence-corrected chi connectivity index (χ2v) is 5.46. The summed E-state index contributed by atoms with van der Waals surface area (Å²) in [6.45, 7) is 9.59. The van der Waals surface area contributed by atoms with Crippen LogP contribution in [0.4, 0.5) is 0 Å². The Balaban J connectivity index is 2.43. The SMILES string of the molecule is CCC(C)C1CCCC(C(C)CC)C1. The van der Waals surface area contributed by atoms with Gasteiger partial charge in [-0.3, -0.25) is 0 Å². The second-order valence-electron chi connectivity index (χ2n) is 5.46. The Bertz CT molecular complexity index is 134. The Morgan fingerprint density at radius 2 is 1.36 bits per heavy atom. The summed E-state index contributed by atoms with van der Waals surface area (Å²) < 4.78 is 0. The third-order valence-electron chi connectivity index (χ3n) is 4.65. The molecule has 84 valence electrons. The van der Waals surface area contributed by atoms with Crippen molar-refractivity contribution < 1.29 is 0 Å². The van der Waals surface area contributed by atoms with Gasteiger partial charge in [0.1, 0.15) is 0 Å². The van der Waals surface area contributed by atoms with Crippen molar-refractivity contribution in [2.75, 3.05) is 0 Å². The summed E-state index contributed by atoms with van der Waals surface area (Å²) in [5.41, 5.74) is 0. The van der Waals surface area contributed by atoms with E-state index in [9.17, 15) is 0 Å². The average molecular weight is 196 g/mol. The Morgan fingerprint density at radius 1 is 0.929 bits per heavy atom. The maximum absolute atomic E-state index is 2.45. The van der Waals surface area contributed by atoms with E-state index in [1.54, 1.807) is 0 Å². The van der Waals surface area contributed by atoms with Crippen LogP contribution in [0.25, 0.3) is 0 Å². The van der Waals surface area contributed by atoms with E-state index in [0.29, 0.717) is 0 Å². The fourth-order valence-electron chi connectivity index (χ4n) is 2.97. The van der Waals surface area contributed by atoms with Gasteiger partial charge in [0.05, 0.1) is 0 Å². The van der Waals surface area contributed by atoms with Crippen molar-refractivity contribution >= 4 is 0 Å². The highest BCUT2D eigenvalue weighted by Crippen LogP contribution is 2.38. The fourth-order valence-corrected chi connectivity index (χ4v) is 2.97. The van der Waals surface area contributed by atoms with E-state index in [-0.39, 0.29) is 0 Å². The van der Waals surface area contributed by atoms with Gasteiger partial charge in [-0.05, 0) is 30.1 Å². The van der Waals surface area contributed by atoms with Gasteiger partial charge >= 0.3 is 0 Å². The highest BCUT2D eigenvalue weighted by molar-refractivity contribution is 4.78. The lowest BCUT2D eigenvalue weighted by Crippen LogP contribution is -2.24. The van der Waals surface area contributed by atoms with Gasteiger partial charge in [0.2, 0.25) is 0 Å². The largest absolute Gasteiger partial charge is 0.0651 e. The molecule has 0 aromatic heterocycles. The molecule has 0 aromatic rings. The molecule has 0 bridgehead atoms. The minimum absolute atomic E-state index is 0.960. The molecule has 0 heteroatoms. The van der Waals surface area contributed by atoms with Gasteiger partial charge in [-0.25, -0.2) is 0 Å². The fraction of sp³-hybridized carbons (Fsp3) is 1.00. The molecule has 1 aliphatic rings. The quantitative estimate of drug-likeness (QED) is 0.601. The summed E-state index contributed by atoms with van der Waals surface area (Å²) >= 11 is 0. The second kappa shape index (κ2) is 5.78. The zero-order valence-corrected chi connectivity index (χ0v) is 10.6. The number of hydrogen-bond donors (Lipinski definition) is 0. The van der Waals surface area contributed by atoms with Crippen LogP contribution >= 0.6 is 0 Å². The molecule has 0 N–H and O–H groups in total. The zero-order valence-electron chi connectivity index (χ0n) is 10.6. The summed E-state index contributed by atoms with van der Waals surface area (Å²) in [7, 11) is 0. The number of rotatable bonds is 4. The minimum atomic E-state index is 0.960. The van der Waals surface area contributed by atoms with Crippen molar-refractivity contribution in [3.8, 4) is 0 Å². The van der Waals surface area contributed by atoms with Gasteiger partial charge in [-0.2, -0.15) is 0 Å². The van der Waals surface area contributed by atoms with E-state index in [1.807, 2.05) is 0 Å². The van der Waals surface area contributed by atoms with Crippen molar-refractivity contribution in [1.82, 2.24) is 0 Å². The van der Waals surface area contributed by atoms with E-state index in [0.717, 1.165) is 23.7 Å². The lowest BCUT2D eigenvalue weighted by Gasteiger charge is -2.35. The molecule has 0 aromatic carbocycles. The van der Waals surface area contributed by atoms with Crippen LogP contribution in [-0.4, -0.2) is 0 Å². The van der Waals surface area contributed by atoms with Crippen molar-refractivity contribution in [2.24, 2.45) is 23.7 Å². The molecule has 4 unspecified atom stereocenters. The van der Waals surface area contributed by atoms with Crippen LogP contribution in [0.1, 0.15) is 66.2 Å². The molecule has 1 fully saturated rings. The lowest BCUT2D eigenvalue weighted by atomic mass is 9.71. The van der Waals surface area contributed by atoms with Gasteiger partial charge in [-0.15, -0.1) is 0 Å². The van der Waals surface area contributed by atoms with Crippen LogP contribution in [0, 0.1) is 23.7 Å². The van der Waals surface area contributed by atoms with Crippen LogP contribution < -0.4 is 0 Å². The Labute approximate surface area is 90.5 Å². The molecule has 4 atom stereocenters. The van der Waals surface area contributed by atoms with Gasteiger partial charge in [-0.1, -0.05) is 59.8 Å². The first-order chi connectivity index (χ1) is 6.69. The van der Waals surface area contributed by atoms with Crippen LogP contribution in [0.5, 0.6) is 0 Å². The number of hydrogen-bond acceptors (Lipinski definition) is 0. The van der Waals surface area contributed by atoms with E-state index in [1.165, 1.54) is 38.5 Å². The predicted molar refractivity (Wildman–Crippen MR) is 64.4 cm³/mol. The van der Waals surface area contributed by atoms with Crippen LogP contribution in [0.15, 0.2) is 0 Å². The molecule has 0 spiro atoms. The van der Waals surface area contributed by atoms with Crippen LogP contribution in [0.2, 0.25) is 0 Å². The minimum Gasteiger partial charge on any atom is -0.0651 e. The molecule has 1 aliphatic carbocycles. The standard InChI is InChI=1S/C14H28/c1-5-11(3)13-8-7-9-14(10-13)12(4)6-2/h11-14H,5-10H2,1-4H3. The van der Waals surface area contributed by atoms with Gasteiger partial charge < -0.3 is 0 Å². The highest BCUT2D eigenvalue weighted by atomic mass is 14.3. The van der Waals surface area contributed by atoms with E-state index < -0.39 is 0 Å². The van der Waals surface area contributed by atoms with Crippen molar-refractivity contribution in [3.63, 3.8) is 0 Å². The third-order valence-corrected chi connectivity index (χ3v) is 4.65. The molecule has 0 amide bonds. The Hall–Kier alpha value is 0. The average Bonchev–Trinajstić information content (AvgIpc) is 2.27. The molecule has 0 radical (unpaired) electrons. The maximum atomic E-state index is 2.45. The van der Waals surface area contributed by atoms with Crippen molar-refractivity contribution in [2.45, 2.75) is 66.2 Å². The highest BCUT2D eigenvalue weighted by Gasteiger charge is 2.27. The van der Waals surface area contributed by atoms with E-state index >= 15 is 0 Å². The molecule has 0 nitrogen and oxygen atoms in total. The molecule has 14 heavy (non-hydrogen) atoms. The molecule has 0 saturated heterocycles. The van der Waals surface area contributed by atoms with Gasteiger partial charge in [0, 0.05) is 0 Å².